The second-order valence-corrected chi connectivity index (χ2v) is 5.30. The third kappa shape index (κ3) is 2.87. The van der Waals surface area contributed by atoms with E-state index < -0.39 is 0 Å². The van der Waals surface area contributed by atoms with E-state index in [-0.39, 0.29) is 5.82 Å². The first-order chi connectivity index (χ1) is 8.08. The fourth-order valence-corrected chi connectivity index (χ4v) is 2.23. The lowest BCUT2D eigenvalue weighted by atomic mass is 10.1. The van der Waals surface area contributed by atoms with Gasteiger partial charge in [-0.1, -0.05) is 29.8 Å². The quantitative estimate of drug-likeness (QED) is 0.927. The van der Waals surface area contributed by atoms with Crippen LogP contribution in [0.4, 0.5) is 4.39 Å². The number of benzene rings is 1. The van der Waals surface area contributed by atoms with Crippen LogP contribution in [-0.4, -0.2) is 12.6 Å². The number of halogens is 2. The minimum absolute atomic E-state index is 0.322. The van der Waals surface area contributed by atoms with E-state index in [9.17, 15) is 4.39 Å². The molecule has 1 heterocycles. The summed E-state index contributed by atoms with van der Waals surface area (Å²) < 4.78 is 19.6. The van der Waals surface area contributed by atoms with E-state index in [0.717, 1.165) is 28.4 Å². The largest absolute Gasteiger partial charge is 0.461 e. The molecule has 0 fully saturated rings. The van der Waals surface area contributed by atoms with Crippen molar-refractivity contribution in [3.63, 3.8) is 0 Å². The van der Waals surface area contributed by atoms with Gasteiger partial charge in [0.05, 0.1) is 6.26 Å². The van der Waals surface area contributed by atoms with E-state index in [4.69, 9.17) is 4.42 Å². The van der Waals surface area contributed by atoms with Gasteiger partial charge in [-0.3, -0.25) is 0 Å². The molecule has 17 heavy (non-hydrogen) atoms. The van der Waals surface area contributed by atoms with Crippen LogP contribution >= 0.6 is 15.9 Å². The summed E-state index contributed by atoms with van der Waals surface area (Å²) >= 11 is 3.30. The maximum atomic E-state index is 13.6. The molecule has 92 valence electrons. The van der Waals surface area contributed by atoms with Crippen molar-refractivity contribution in [2.24, 2.45) is 0 Å². The van der Waals surface area contributed by atoms with Gasteiger partial charge in [-0.05, 0) is 30.7 Å². The molecule has 0 amide bonds. The Hall–Kier alpha value is -0.870. The summed E-state index contributed by atoms with van der Waals surface area (Å²) in [6.07, 6.45) is 2.48. The monoisotopic (exact) mass is 299 g/mol. The molecule has 0 atom stereocenters. The van der Waals surface area contributed by atoms with Crippen molar-refractivity contribution in [3.8, 4) is 0 Å². The van der Waals surface area contributed by atoms with Gasteiger partial charge in [-0.15, -0.1) is 0 Å². The highest BCUT2D eigenvalue weighted by Gasteiger charge is 2.11. The molecular formula is C13H15BrFNO. The molecule has 0 saturated heterocycles. The second kappa shape index (κ2) is 5.19. The molecule has 0 aliphatic rings. The minimum atomic E-state index is -0.322. The van der Waals surface area contributed by atoms with E-state index in [1.807, 2.05) is 6.07 Å². The van der Waals surface area contributed by atoms with Crippen molar-refractivity contribution in [2.45, 2.75) is 26.3 Å². The summed E-state index contributed by atoms with van der Waals surface area (Å²) in [4.78, 5) is 0. The second-order valence-electron chi connectivity index (χ2n) is 4.38. The molecule has 0 radical (unpaired) electrons. The number of fused-ring (bicyclic) bond motifs is 1. The molecule has 0 spiro atoms. The molecule has 2 nitrogen and oxygen atoms in total. The average molecular weight is 300 g/mol. The molecule has 0 aliphatic carbocycles. The first-order valence-corrected chi connectivity index (χ1v) is 6.45. The lowest BCUT2D eigenvalue weighted by Gasteiger charge is -2.06. The summed E-state index contributed by atoms with van der Waals surface area (Å²) in [5.74, 6) is -0.322. The Balaban J connectivity index is 2.23. The number of hydrogen-bond acceptors (Lipinski definition) is 2. The fourth-order valence-electron chi connectivity index (χ4n) is 1.80. The molecule has 1 N–H and O–H groups in total. The molecule has 2 aromatic rings. The summed E-state index contributed by atoms with van der Waals surface area (Å²) in [6.45, 7) is 5.06. The number of nitrogens with one attached hydrogen (secondary N) is 1. The maximum absolute atomic E-state index is 13.6. The van der Waals surface area contributed by atoms with Crippen LogP contribution in [0.3, 0.4) is 0 Å². The van der Waals surface area contributed by atoms with Gasteiger partial charge in [0.2, 0.25) is 0 Å². The van der Waals surface area contributed by atoms with Crippen molar-refractivity contribution in [1.82, 2.24) is 5.32 Å². The summed E-state index contributed by atoms with van der Waals surface area (Å²) in [5.41, 5.74) is 1.38. The Bertz CT molecular complexity index is 521. The minimum Gasteiger partial charge on any atom is -0.461 e. The first-order valence-electron chi connectivity index (χ1n) is 5.66. The van der Waals surface area contributed by atoms with E-state index in [1.54, 1.807) is 6.26 Å². The Morgan fingerprint density at radius 2 is 2.18 bits per heavy atom. The third-order valence-electron chi connectivity index (χ3n) is 2.62. The highest BCUT2D eigenvalue weighted by Crippen LogP contribution is 2.27. The van der Waals surface area contributed by atoms with Gasteiger partial charge in [-0.25, -0.2) is 4.39 Å². The van der Waals surface area contributed by atoms with Gasteiger partial charge < -0.3 is 9.73 Å². The molecule has 0 saturated carbocycles. The highest BCUT2D eigenvalue weighted by molar-refractivity contribution is 9.10. The highest BCUT2D eigenvalue weighted by atomic mass is 79.9. The first kappa shape index (κ1) is 12.6. The SMILES string of the molecule is CC(C)NCCc1coc2c(F)cc(Br)cc12. The van der Waals surface area contributed by atoms with Crippen LogP contribution in [0.25, 0.3) is 11.0 Å². The fraction of sp³-hybridized carbons (Fsp3) is 0.385. The van der Waals surface area contributed by atoms with Gasteiger partial charge in [0, 0.05) is 15.9 Å². The van der Waals surface area contributed by atoms with E-state index in [0.29, 0.717) is 11.6 Å². The smallest absolute Gasteiger partial charge is 0.169 e. The standard InChI is InChI=1S/C13H15BrFNO/c1-8(2)16-4-3-9-7-17-13-11(9)5-10(14)6-12(13)15/h5-8,16H,3-4H2,1-2H3. The van der Waals surface area contributed by atoms with Crippen molar-refractivity contribution in [1.29, 1.82) is 0 Å². The van der Waals surface area contributed by atoms with E-state index in [1.165, 1.54) is 6.07 Å². The van der Waals surface area contributed by atoms with Crippen LogP contribution in [0, 0.1) is 5.82 Å². The molecule has 1 aromatic heterocycles. The Morgan fingerprint density at radius 1 is 1.41 bits per heavy atom. The lowest BCUT2D eigenvalue weighted by Crippen LogP contribution is -2.24. The summed E-state index contributed by atoms with van der Waals surface area (Å²) in [6, 6.07) is 3.77. The molecule has 0 unspecified atom stereocenters. The normalized spacial score (nSPS) is 11.6. The van der Waals surface area contributed by atoms with Crippen LogP contribution in [0.2, 0.25) is 0 Å². The van der Waals surface area contributed by atoms with Crippen LogP contribution in [0.5, 0.6) is 0 Å². The summed E-state index contributed by atoms with van der Waals surface area (Å²) in [7, 11) is 0. The Kier molecular flexibility index (Phi) is 3.84. The van der Waals surface area contributed by atoms with Crippen LogP contribution in [0.1, 0.15) is 19.4 Å². The summed E-state index contributed by atoms with van der Waals surface area (Å²) in [5, 5.41) is 4.18. The Morgan fingerprint density at radius 3 is 2.88 bits per heavy atom. The molecule has 1 aromatic carbocycles. The number of furan rings is 1. The predicted octanol–water partition coefficient (Wildman–Crippen LogP) is 3.87. The maximum Gasteiger partial charge on any atom is 0.169 e. The van der Waals surface area contributed by atoms with Crippen molar-refractivity contribution in [2.75, 3.05) is 6.54 Å². The number of rotatable bonds is 4. The van der Waals surface area contributed by atoms with Gasteiger partial charge in [0.15, 0.2) is 11.4 Å². The molecule has 0 aliphatic heterocycles. The van der Waals surface area contributed by atoms with Crippen molar-refractivity contribution >= 4 is 26.9 Å². The topological polar surface area (TPSA) is 25.2 Å². The molecule has 2 rings (SSSR count). The zero-order chi connectivity index (χ0) is 12.4. The van der Waals surface area contributed by atoms with Crippen LogP contribution < -0.4 is 5.32 Å². The molecular weight excluding hydrogens is 285 g/mol. The van der Waals surface area contributed by atoms with E-state index in [2.05, 4.69) is 35.1 Å². The third-order valence-corrected chi connectivity index (χ3v) is 3.08. The molecule has 4 heteroatoms. The van der Waals surface area contributed by atoms with E-state index >= 15 is 0 Å². The van der Waals surface area contributed by atoms with Crippen molar-refractivity contribution in [3.05, 3.63) is 34.2 Å². The zero-order valence-electron chi connectivity index (χ0n) is 9.89. The van der Waals surface area contributed by atoms with Gasteiger partial charge in [-0.2, -0.15) is 0 Å². The Labute approximate surface area is 108 Å². The predicted molar refractivity (Wildman–Crippen MR) is 70.7 cm³/mol. The number of hydrogen-bond donors (Lipinski definition) is 1. The van der Waals surface area contributed by atoms with Gasteiger partial charge >= 0.3 is 0 Å². The van der Waals surface area contributed by atoms with Crippen LogP contribution in [0.15, 0.2) is 27.3 Å². The van der Waals surface area contributed by atoms with Gasteiger partial charge in [0.25, 0.3) is 0 Å². The molecule has 0 bridgehead atoms. The van der Waals surface area contributed by atoms with Crippen molar-refractivity contribution < 1.29 is 8.81 Å². The average Bonchev–Trinajstić information content (AvgIpc) is 2.61. The lowest BCUT2D eigenvalue weighted by molar-refractivity contribution is 0.554. The van der Waals surface area contributed by atoms with Crippen LogP contribution in [-0.2, 0) is 6.42 Å². The van der Waals surface area contributed by atoms with Gasteiger partial charge in [0.1, 0.15) is 0 Å². The zero-order valence-corrected chi connectivity index (χ0v) is 11.5.